The Balaban J connectivity index is 1.81. The number of nitrogen functional groups attached to an aromatic ring is 1. The van der Waals surface area contributed by atoms with Crippen molar-refractivity contribution < 1.29 is 4.74 Å². The molecule has 0 saturated heterocycles. The molecule has 3 N–H and O–H groups in total. The van der Waals surface area contributed by atoms with Gasteiger partial charge < -0.3 is 20.7 Å². The third-order valence-corrected chi connectivity index (χ3v) is 3.83. The van der Waals surface area contributed by atoms with Crippen LogP contribution in [0.4, 0.5) is 11.4 Å². The van der Waals surface area contributed by atoms with Crippen LogP contribution >= 0.6 is 11.3 Å². The van der Waals surface area contributed by atoms with Crippen LogP contribution < -0.4 is 15.8 Å². The van der Waals surface area contributed by atoms with Gasteiger partial charge in [-0.2, -0.15) is 0 Å². The monoisotopic (exact) mass is 291 g/mol. The Bertz CT molecular complexity index is 522. The van der Waals surface area contributed by atoms with Gasteiger partial charge in [-0.25, -0.2) is 0 Å². The first-order valence-electron chi connectivity index (χ1n) is 6.58. The molecule has 4 nitrogen and oxygen atoms in total. The number of hydrogen-bond acceptors (Lipinski definition) is 5. The Morgan fingerprint density at radius 1 is 1.20 bits per heavy atom. The van der Waals surface area contributed by atoms with E-state index < -0.39 is 0 Å². The molecule has 0 aliphatic carbocycles. The molecule has 0 aliphatic rings. The zero-order chi connectivity index (χ0) is 14.4. The number of hydrogen-bond donors (Lipinski definition) is 2. The molecule has 0 unspecified atom stereocenters. The molecular weight excluding hydrogens is 270 g/mol. The lowest BCUT2D eigenvalue weighted by atomic mass is 10.3. The van der Waals surface area contributed by atoms with Gasteiger partial charge in [0.25, 0.3) is 0 Å². The van der Waals surface area contributed by atoms with E-state index in [-0.39, 0.29) is 0 Å². The number of thiophene rings is 1. The predicted molar refractivity (Wildman–Crippen MR) is 86.5 cm³/mol. The van der Waals surface area contributed by atoms with Crippen LogP contribution in [0.15, 0.2) is 35.7 Å². The molecule has 1 aromatic heterocycles. The smallest absolute Gasteiger partial charge is 0.119 e. The highest BCUT2D eigenvalue weighted by Crippen LogP contribution is 2.21. The molecule has 0 atom stereocenters. The van der Waals surface area contributed by atoms with Crippen molar-refractivity contribution in [2.75, 3.05) is 38.3 Å². The summed E-state index contributed by atoms with van der Waals surface area (Å²) in [5.74, 6) is 0.896. The van der Waals surface area contributed by atoms with E-state index in [9.17, 15) is 0 Å². The third-order valence-electron chi connectivity index (χ3n) is 2.89. The second-order valence-corrected chi connectivity index (χ2v) is 5.83. The molecule has 2 rings (SSSR count). The largest absolute Gasteiger partial charge is 0.492 e. The summed E-state index contributed by atoms with van der Waals surface area (Å²) in [6.45, 7) is 2.37. The second-order valence-electron chi connectivity index (χ2n) is 4.83. The highest BCUT2D eigenvalue weighted by molar-refractivity contribution is 7.10. The minimum absolute atomic E-state index is 0.700. The van der Waals surface area contributed by atoms with Crippen LogP contribution in [0.3, 0.4) is 0 Å². The maximum absolute atomic E-state index is 5.85. The van der Waals surface area contributed by atoms with Gasteiger partial charge in [0.05, 0.1) is 6.54 Å². The van der Waals surface area contributed by atoms with Gasteiger partial charge in [-0.15, -0.1) is 11.3 Å². The molecule has 0 spiro atoms. The normalized spacial score (nSPS) is 10.8. The van der Waals surface area contributed by atoms with E-state index in [1.54, 1.807) is 11.3 Å². The molecule has 0 saturated carbocycles. The molecule has 0 fully saturated rings. The minimum atomic E-state index is 0.700. The van der Waals surface area contributed by atoms with Crippen LogP contribution in [-0.2, 0) is 6.54 Å². The molecule has 0 aliphatic heterocycles. The number of nitrogens with one attached hydrogen (secondary N) is 1. The van der Waals surface area contributed by atoms with Gasteiger partial charge in [-0.1, -0.05) is 0 Å². The molecule has 0 radical (unpaired) electrons. The first-order chi connectivity index (χ1) is 9.65. The summed E-state index contributed by atoms with van der Waals surface area (Å²) >= 11 is 1.67. The summed E-state index contributed by atoms with van der Waals surface area (Å²) in [6, 6.07) is 9.94. The summed E-state index contributed by atoms with van der Waals surface area (Å²) in [4.78, 5) is 3.26. The Hall–Kier alpha value is -1.72. The van der Waals surface area contributed by atoms with E-state index in [1.165, 1.54) is 0 Å². The Kier molecular flexibility index (Phi) is 5.26. The van der Waals surface area contributed by atoms with Gasteiger partial charge in [0.15, 0.2) is 0 Å². The molecule has 108 valence electrons. The van der Waals surface area contributed by atoms with Crippen LogP contribution in [0, 0.1) is 0 Å². The highest BCUT2D eigenvalue weighted by Gasteiger charge is 2.01. The number of likely N-dealkylation sites (N-methyl/N-ethyl adjacent to an activating group) is 1. The standard InChI is InChI=1S/C15H21N3OS/c1-18(2)8-9-19-13-5-3-12(4-6-13)17-11-15-14(16)7-10-20-15/h3-7,10,17H,8-9,11,16H2,1-2H3. The molecule has 0 amide bonds. The maximum Gasteiger partial charge on any atom is 0.119 e. The highest BCUT2D eigenvalue weighted by atomic mass is 32.1. The number of nitrogens with zero attached hydrogens (tertiary/aromatic N) is 1. The first-order valence-corrected chi connectivity index (χ1v) is 7.46. The minimum Gasteiger partial charge on any atom is -0.492 e. The van der Waals surface area contributed by atoms with Gasteiger partial charge in [0.2, 0.25) is 0 Å². The van der Waals surface area contributed by atoms with Crippen molar-refractivity contribution >= 4 is 22.7 Å². The zero-order valence-corrected chi connectivity index (χ0v) is 12.7. The van der Waals surface area contributed by atoms with Crippen LogP contribution in [0.25, 0.3) is 0 Å². The van der Waals surface area contributed by atoms with E-state index in [0.29, 0.717) is 6.61 Å². The molecule has 2 aromatic rings. The summed E-state index contributed by atoms with van der Waals surface area (Å²) in [7, 11) is 4.07. The number of nitrogens with two attached hydrogens (primary N) is 1. The molecule has 1 aromatic carbocycles. The predicted octanol–water partition coefficient (Wildman–Crippen LogP) is 2.88. The summed E-state index contributed by atoms with van der Waals surface area (Å²) in [5, 5.41) is 5.36. The Labute approximate surface area is 124 Å². The average Bonchev–Trinajstić information content (AvgIpc) is 2.83. The van der Waals surface area contributed by atoms with Crippen molar-refractivity contribution in [3.8, 4) is 5.75 Å². The lowest BCUT2D eigenvalue weighted by Crippen LogP contribution is -2.19. The van der Waals surface area contributed by atoms with E-state index in [2.05, 4.69) is 10.2 Å². The zero-order valence-electron chi connectivity index (χ0n) is 11.9. The Morgan fingerprint density at radius 2 is 1.95 bits per heavy atom. The number of benzene rings is 1. The van der Waals surface area contributed by atoms with E-state index in [0.717, 1.165) is 35.1 Å². The summed E-state index contributed by atoms with van der Waals surface area (Å²) in [5.41, 5.74) is 7.77. The van der Waals surface area contributed by atoms with Crippen molar-refractivity contribution in [3.05, 3.63) is 40.6 Å². The number of anilines is 2. The van der Waals surface area contributed by atoms with Crippen molar-refractivity contribution in [1.82, 2.24) is 4.90 Å². The van der Waals surface area contributed by atoms with Crippen molar-refractivity contribution in [2.24, 2.45) is 0 Å². The summed E-state index contributed by atoms with van der Waals surface area (Å²) < 4.78 is 5.65. The fraction of sp³-hybridized carbons (Fsp3) is 0.333. The molecule has 20 heavy (non-hydrogen) atoms. The molecule has 5 heteroatoms. The van der Waals surface area contributed by atoms with Crippen molar-refractivity contribution in [3.63, 3.8) is 0 Å². The van der Waals surface area contributed by atoms with E-state index in [4.69, 9.17) is 10.5 Å². The topological polar surface area (TPSA) is 50.5 Å². The van der Waals surface area contributed by atoms with Crippen LogP contribution in [0.5, 0.6) is 5.75 Å². The SMILES string of the molecule is CN(C)CCOc1ccc(NCc2sccc2N)cc1. The summed E-state index contributed by atoms with van der Waals surface area (Å²) in [6.07, 6.45) is 0. The molecule has 0 bridgehead atoms. The van der Waals surface area contributed by atoms with Crippen LogP contribution in [0.2, 0.25) is 0 Å². The fourth-order valence-corrected chi connectivity index (χ4v) is 2.43. The van der Waals surface area contributed by atoms with Crippen molar-refractivity contribution in [1.29, 1.82) is 0 Å². The lowest BCUT2D eigenvalue weighted by molar-refractivity contribution is 0.261. The van der Waals surface area contributed by atoms with Crippen molar-refractivity contribution in [2.45, 2.75) is 6.54 Å². The Morgan fingerprint density at radius 3 is 2.55 bits per heavy atom. The molecule has 1 heterocycles. The lowest BCUT2D eigenvalue weighted by Gasteiger charge is -2.11. The van der Waals surface area contributed by atoms with Crippen LogP contribution in [0.1, 0.15) is 4.88 Å². The number of ether oxygens (including phenoxy) is 1. The number of rotatable bonds is 7. The van der Waals surface area contributed by atoms with Gasteiger partial charge in [-0.05, 0) is 49.8 Å². The quantitative estimate of drug-likeness (QED) is 0.823. The average molecular weight is 291 g/mol. The van der Waals surface area contributed by atoms with Gasteiger partial charge in [-0.3, -0.25) is 0 Å². The van der Waals surface area contributed by atoms with Gasteiger partial charge in [0, 0.05) is 22.8 Å². The van der Waals surface area contributed by atoms with Crippen LogP contribution in [-0.4, -0.2) is 32.1 Å². The third kappa shape index (κ3) is 4.43. The van der Waals surface area contributed by atoms with Gasteiger partial charge in [0.1, 0.15) is 12.4 Å². The first kappa shape index (κ1) is 14.7. The molecular formula is C15H21N3OS. The van der Waals surface area contributed by atoms with Gasteiger partial charge >= 0.3 is 0 Å². The van der Waals surface area contributed by atoms with E-state index in [1.807, 2.05) is 49.8 Å². The van der Waals surface area contributed by atoms with E-state index >= 15 is 0 Å². The maximum atomic E-state index is 5.85. The fourth-order valence-electron chi connectivity index (χ4n) is 1.69. The second kappa shape index (κ2) is 7.17.